The summed E-state index contributed by atoms with van der Waals surface area (Å²) in [5.41, 5.74) is 7.00. The second kappa shape index (κ2) is 3.76. The minimum Gasteiger partial charge on any atom is -0.320 e. The molecule has 0 saturated carbocycles. The highest BCUT2D eigenvalue weighted by molar-refractivity contribution is 7.09. The molecule has 1 heterocycles. The predicted molar refractivity (Wildman–Crippen MR) is 57.8 cm³/mol. The lowest BCUT2D eigenvalue weighted by atomic mass is 9.84. The van der Waals surface area contributed by atoms with E-state index in [0.717, 1.165) is 17.1 Å². The Labute approximate surface area is 84.2 Å². The Balaban J connectivity index is 2.92. The van der Waals surface area contributed by atoms with Gasteiger partial charge >= 0.3 is 0 Å². The highest BCUT2D eigenvalue weighted by Gasteiger charge is 2.29. The Kier molecular flexibility index (Phi) is 3.09. The van der Waals surface area contributed by atoms with E-state index in [1.165, 1.54) is 0 Å². The number of hydrogen-bond acceptors (Lipinski definition) is 3. The Morgan fingerprint density at radius 1 is 1.69 bits per heavy atom. The molecule has 2 atom stereocenters. The van der Waals surface area contributed by atoms with Gasteiger partial charge in [0.1, 0.15) is 0 Å². The van der Waals surface area contributed by atoms with Crippen LogP contribution < -0.4 is 5.73 Å². The molecule has 2 nitrogen and oxygen atoms in total. The molecule has 1 aromatic rings. The van der Waals surface area contributed by atoms with Crippen molar-refractivity contribution in [2.45, 2.75) is 39.7 Å². The van der Waals surface area contributed by atoms with E-state index in [2.05, 4.69) is 31.1 Å². The van der Waals surface area contributed by atoms with Gasteiger partial charge in [-0.3, -0.25) is 0 Å². The number of nitrogens with zero attached hydrogens (tertiary/aromatic N) is 1. The first-order chi connectivity index (χ1) is 5.98. The van der Waals surface area contributed by atoms with Gasteiger partial charge in [-0.1, -0.05) is 20.3 Å². The molecule has 0 aliphatic heterocycles. The largest absolute Gasteiger partial charge is 0.320 e. The molecule has 1 rings (SSSR count). The summed E-state index contributed by atoms with van der Waals surface area (Å²) >= 11 is 1.67. The molecule has 0 radical (unpaired) electrons. The van der Waals surface area contributed by atoms with Gasteiger partial charge in [-0.15, -0.1) is 11.3 Å². The van der Waals surface area contributed by atoms with Gasteiger partial charge in [0.2, 0.25) is 0 Å². The predicted octanol–water partition coefficient (Wildman–Crippen LogP) is 2.67. The first-order valence-corrected chi connectivity index (χ1v) is 5.58. The number of thiazole rings is 1. The first-order valence-electron chi connectivity index (χ1n) is 4.70. The van der Waals surface area contributed by atoms with Crippen LogP contribution in [0.25, 0.3) is 0 Å². The van der Waals surface area contributed by atoms with Crippen LogP contribution in [0.15, 0.2) is 5.38 Å². The van der Waals surface area contributed by atoms with Crippen LogP contribution in [-0.2, 0) is 5.54 Å². The third kappa shape index (κ3) is 2.09. The fourth-order valence-corrected chi connectivity index (χ4v) is 2.03. The van der Waals surface area contributed by atoms with E-state index in [-0.39, 0.29) is 5.54 Å². The molecule has 0 aromatic carbocycles. The minimum atomic E-state index is -0.278. The monoisotopic (exact) mass is 198 g/mol. The minimum absolute atomic E-state index is 0.278. The third-order valence-corrected chi connectivity index (χ3v) is 3.58. The normalized spacial score (nSPS) is 18.2. The summed E-state index contributed by atoms with van der Waals surface area (Å²) in [6, 6.07) is 0. The molecular weight excluding hydrogens is 180 g/mol. The third-order valence-electron chi connectivity index (χ3n) is 2.81. The number of aromatic nitrogens is 1. The van der Waals surface area contributed by atoms with Crippen molar-refractivity contribution < 1.29 is 0 Å². The van der Waals surface area contributed by atoms with Crippen LogP contribution in [0.4, 0.5) is 0 Å². The zero-order chi connectivity index (χ0) is 10.1. The van der Waals surface area contributed by atoms with Crippen LogP contribution in [0, 0.1) is 12.8 Å². The average molecular weight is 198 g/mol. The molecular formula is C10H18N2S. The molecule has 0 aliphatic carbocycles. The molecule has 74 valence electrons. The number of rotatable bonds is 3. The van der Waals surface area contributed by atoms with E-state index in [0.29, 0.717) is 5.92 Å². The summed E-state index contributed by atoms with van der Waals surface area (Å²) in [6.45, 7) is 8.42. The van der Waals surface area contributed by atoms with Crippen molar-refractivity contribution in [2.75, 3.05) is 0 Å². The molecule has 0 amide bonds. The Bertz CT molecular complexity index is 278. The summed E-state index contributed by atoms with van der Waals surface area (Å²) in [5.74, 6) is 0.467. The molecule has 0 aliphatic rings. The van der Waals surface area contributed by atoms with E-state index in [1.807, 2.05) is 6.92 Å². The Hall–Kier alpha value is -0.410. The van der Waals surface area contributed by atoms with Crippen LogP contribution in [0.1, 0.15) is 37.9 Å². The Morgan fingerprint density at radius 3 is 2.69 bits per heavy atom. The van der Waals surface area contributed by atoms with Gasteiger partial charge in [0.25, 0.3) is 0 Å². The zero-order valence-corrected chi connectivity index (χ0v) is 9.61. The lowest BCUT2D eigenvalue weighted by Crippen LogP contribution is -2.40. The van der Waals surface area contributed by atoms with Gasteiger partial charge in [0.05, 0.1) is 16.2 Å². The van der Waals surface area contributed by atoms with Crippen LogP contribution >= 0.6 is 11.3 Å². The van der Waals surface area contributed by atoms with Crippen molar-refractivity contribution in [3.63, 3.8) is 0 Å². The number of nitrogens with two attached hydrogens (primary N) is 1. The molecule has 1 aromatic heterocycles. The molecule has 0 saturated heterocycles. The van der Waals surface area contributed by atoms with Crippen molar-refractivity contribution in [1.29, 1.82) is 0 Å². The maximum Gasteiger partial charge on any atom is 0.0898 e. The van der Waals surface area contributed by atoms with Crippen molar-refractivity contribution in [2.24, 2.45) is 11.7 Å². The van der Waals surface area contributed by atoms with E-state index in [4.69, 9.17) is 5.73 Å². The molecule has 13 heavy (non-hydrogen) atoms. The van der Waals surface area contributed by atoms with Crippen LogP contribution in [-0.4, -0.2) is 4.98 Å². The van der Waals surface area contributed by atoms with Gasteiger partial charge in [0, 0.05) is 5.38 Å². The lowest BCUT2D eigenvalue weighted by molar-refractivity contribution is 0.309. The molecule has 0 fully saturated rings. The van der Waals surface area contributed by atoms with Crippen molar-refractivity contribution in [1.82, 2.24) is 4.98 Å². The van der Waals surface area contributed by atoms with Crippen LogP contribution in [0.2, 0.25) is 0 Å². The summed E-state index contributed by atoms with van der Waals surface area (Å²) < 4.78 is 0. The van der Waals surface area contributed by atoms with Gasteiger partial charge < -0.3 is 5.73 Å². The highest BCUT2D eigenvalue weighted by Crippen LogP contribution is 2.29. The van der Waals surface area contributed by atoms with Gasteiger partial charge in [-0.25, -0.2) is 4.98 Å². The molecule has 3 heteroatoms. The highest BCUT2D eigenvalue weighted by atomic mass is 32.1. The fraction of sp³-hybridized carbons (Fsp3) is 0.700. The molecule has 2 unspecified atom stereocenters. The SMILES string of the molecule is CCC(C)C(C)(N)c1csc(C)n1. The standard InChI is InChI=1S/C10H18N2S/c1-5-7(2)10(4,11)9-6-13-8(3)12-9/h6-7H,5,11H2,1-4H3. The second-order valence-electron chi connectivity index (χ2n) is 3.84. The maximum absolute atomic E-state index is 6.25. The van der Waals surface area contributed by atoms with Crippen molar-refractivity contribution in [3.8, 4) is 0 Å². The van der Waals surface area contributed by atoms with Crippen molar-refractivity contribution >= 4 is 11.3 Å². The van der Waals surface area contributed by atoms with Crippen molar-refractivity contribution in [3.05, 3.63) is 16.1 Å². The van der Waals surface area contributed by atoms with Crippen LogP contribution in [0.3, 0.4) is 0 Å². The van der Waals surface area contributed by atoms with E-state index in [1.54, 1.807) is 11.3 Å². The van der Waals surface area contributed by atoms with Gasteiger partial charge in [0.15, 0.2) is 0 Å². The summed E-state index contributed by atoms with van der Waals surface area (Å²) in [5, 5.41) is 3.16. The number of hydrogen-bond donors (Lipinski definition) is 1. The second-order valence-corrected chi connectivity index (χ2v) is 4.91. The van der Waals surface area contributed by atoms with Gasteiger partial charge in [-0.2, -0.15) is 0 Å². The fourth-order valence-electron chi connectivity index (χ4n) is 1.29. The Morgan fingerprint density at radius 2 is 2.31 bits per heavy atom. The maximum atomic E-state index is 6.25. The summed E-state index contributed by atoms with van der Waals surface area (Å²) in [7, 11) is 0. The van der Waals surface area contributed by atoms with E-state index < -0.39 is 0 Å². The molecule has 0 spiro atoms. The van der Waals surface area contributed by atoms with E-state index >= 15 is 0 Å². The molecule has 0 bridgehead atoms. The topological polar surface area (TPSA) is 38.9 Å². The number of aryl methyl sites for hydroxylation is 1. The first kappa shape index (κ1) is 10.7. The zero-order valence-electron chi connectivity index (χ0n) is 8.79. The quantitative estimate of drug-likeness (QED) is 0.811. The lowest BCUT2D eigenvalue weighted by Gasteiger charge is -2.29. The summed E-state index contributed by atoms with van der Waals surface area (Å²) in [6.07, 6.45) is 1.09. The summed E-state index contributed by atoms with van der Waals surface area (Å²) in [4.78, 5) is 4.44. The smallest absolute Gasteiger partial charge is 0.0898 e. The average Bonchev–Trinajstić information content (AvgIpc) is 2.50. The molecule has 2 N–H and O–H groups in total. The van der Waals surface area contributed by atoms with Crippen LogP contribution in [0.5, 0.6) is 0 Å². The van der Waals surface area contributed by atoms with E-state index in [9.17, 15) is 0 Å². The van der Waals surface area contributed by atoms with Gasteiger partial charge in [-0.05, 0) is 19.8 Å².